The molecule has 6 nitrogen and oxygen atoms in total. The molecule has 1 saturated heterocycles. The van der Waals surface area contributed by atoms with Crippen LogP contribution >= 0.6 is 11.3 Å². The number of anilines is 1. The maximum Gasteiger partial charge on any atom is 0.183 e. The number of nitriles is 1. The molecular formula is C16H18N6S. The first-order valence-electron chi connectivity index (χ1n) is 7.88. The zero-order valence-corrected chi connectivity index (χ0v) is 13.9. The molecule has 4 rings (SSSR count). The van der Waals surface area contributed by atoms with Crippen molar-refractivity contribution in [2.75, 3.05) is 25.0 Å². The van der Waals surface area contributed by atoms with Gasteiger partial charge in [-0.15, -0.1) is 11.3 Å². The molecule has 7 heteroatoms. The number of fused-ring (bicyclic) bond motifs is 1. The van der Waals surface area contributed by atoms with Gasteiger partial charge < -0.3 is 4.90 Å². The normalized spacial score (nSPS) is 17.2. The smallest absolute Gasteiger partial charge is 0.183 e. The minimum atomic E-state index is 0.407. The summed E-state index contributed by atoms with van der Waals surface area (Å²) in [5, 5.41) is 10.3. The summed E-state index contributed by atoms with van der Waals surface area (Å²) in [5.74, 6) is 0.702. The Balaban J connectivity index is 1.36. The highest BCUT2D eigenvalue weighted by atomic mass is 32.1. The second-order valence-electron chi connectivity index (χ2n) is 6.15. The van der Waals surface area contributed by atoms with Crippen LogP contribution in [0, 0.1) is 11.3 Å². The first-order valence-corrected chi connectivity index (χ1v) is 8.70. The summed E-state index contributed by atoms with van der Waals surface area (Å²) in [6, 6.07) is 2.59. The Morgan fingerprint density at radius 2 is 2.17 bits per heavy atom. The van der Waals surface area contributed by atoms with Crippen molar-refractivity contribution in [2.45, 2.75) is 31.8 Å². The Bertz CT molecular complexity index is 737. The molecule has 0 bridgehead atoms. The number of aromatic nitrogens is 3. The van der Waals surface area contributed by atoms with Crippen molar-refractivity contribution in [3.05, 3.63) is 33.7 Å². The fraction of sp³-hybridized carbons (Fsp3) is 0.500. The minimum Gasteiger partial charge on any atom is -0.351 e. The van der Waals surface area contributed by atoms with E-state index in [1.807, 2.05) is 11.3 Å². The summed E-state index contributed by atoms with van der Waals surface area (Å²) in [7, 11) is 2.15. The number of likely N-dealkylation sites (N-methyl/N-ethyl adjacent to an activating group) is 1. The van der Waals surface area contributed by atoms with E-state index in [0.29, 0.717) is 17.6 Å². The first kappa shape index (κ1) is 14.5. The molecule has 1 aliphatic heterocycles. The van der Waals surface area contributed by atoms with Crippen molar-refractivity contribution in [1.29, 1.82) is 5.26 Å². The van der Waals surface area contributed by atoms with Crippen LogP contribution in [0.3, 0.4) is 0 Å². The van der Waals surface area contributed by atoms with Gasteiger partial charge >= 0.3 is 0 Å². The van der Waals surface area contributed by atoms with Crippen molar-refractivity contribution in [3.8, 4) is 6.07 Å². The lowest BCUT2D eigenvalue weighted by molar-refractivity contribution is 0.196. The van der Waals surface area contributed by atoms with Crippen molar-refractivity contribution in [2.24, 2.45) is 0 Å². The summed E-state index contributed by atoms with van der Waals surface area (Å²) < 4.78 is 0. The van der Waals surface area contributed by atoms with E-state index in [1.165, 1.54) is 28.4 Å². The molecule has 118 valence electrons. The van der Waals surface area contributed by atoms with Crippen LogP contribution in [-0.2, 0) is 19.4 Å². The number of hydrogen-bond donors (Lipinski definition) is 0. The van der Waals surface area contributed by atoms with Crippen LogP contribution in [0.1, 0.15) is 27.7 Å². The van der Waals surface area contributed by atoms with Crippen LogP contribution in [0.4, 0.5) is 5.82 Å². The SMILES string of the molecule is CN(Cc1nc2c(s1)CCC2)C1CN(c2nccnc2C#N)C1. The third-order valence-electron chi connectivity index (χ3n) is 4.59. The number of thiazole rings is 1. The first-order chi connectivity index (χ1) is 11.2. The molecule has 0 N–H and O–H groups in total. The molecule has 2 aromatic rings. The van der Waals surface area contributed by atoms with Crippen molar-refractivity contribution in [1.82, 2.24) is 19.9 Å². The summed E-state index contributed by atoms with van der Waals surface area (Å²) in [6.07, 6.45) is 6.83. The fourth-order valence-electron chi connectivity index (χ4n) is 3.20. The molecule has 0 atom stereocenters. The average molecular weight is 326 g/mol. The highest BCUT2D eigenvalue weighted by molar-refractivity contribution is 7.11. The van der Waals surface area contributed by atoms with Gasteiger partial charge in [-0.3, -0.25) is 4.90 Å². The van der Waals surface area contributed by atoms with Gasteiger partial charge in [0.1, 0.15) is 11.1 Å². The molecule has 2 aliphatic rings. The molecule has 0 amide bonds. The second-order valence-corrected chi connectivity index (χ2v) is 7.31. The van der Waals surface area contributed by atoms with E-state index in [-0.39, 0.29) is 0 Å². The Labute approximate surface area is 139 Å². The lowest BCUT2D eigenvalue weighted by Crippen LogP contribution is -2.58. The molecule has 0 radical (unpaired) electrons. The topological polar surface area (TPSA) is 68.9 Å². The van der Waals surface area contributed by atoms with E-state index in [2.05, 4.69) is 32.9 Å². The van der Waals surface area contributed by atoms with Gasteiger partial charge in [0.15, 0.2) is 11.5 Å². The molecule has 0 unspecified atom stereocenters. The maximum atomic E-state index is 9.12. The van der Waals surface area contributed by atoms with Gasteiger partial charge in [-0.2, -0.15) is 5.26 Å². The number of rotatable bonds is 4. The largest absolute Gasteiger partial charge is 0.351 e. The van der Waals surface area contributed by atoms with Crippen LogP contribution in [0.5, 0.6) is 0 Å². The quantitative estimate of drug-likeness (QED) is 0.850. The third-order valence-corrected chi connectivity index (χ3v) is 5.74. The van der Waals surface area contributed by atoms with E-state index >= 15 is 0 Å². The maximum absolute atomic E-state index is 9.12. The fourth-order valence-corrected chi connectivity index (χ4v) is 4.42. The average Bonchev–Trinajstić information content (AvgIpc) is 3.07. The van der Waals surface area contributed by atoms with Gasteiger partial charge in [-0.25, -0.2) is 15.0 Å². The van der Waals surface area contributed by atoms with Crippen molar-refractivity contribution in [3.63, 3.8) is 0 Å². The lowest BCUT2D eigenvalue weighted by atomic mass is 10.1. The molecule has 0 aromatic carbocycles. The Hall–Kier alpha value is -2.04. The van der Waals surface area contributed by atoms with Crippen LogP contribution in [0.2, 0.25) is 0 Å². The molecule has 1 aliphatic carbocycles. The third kappa shape index (κ3) is 2.69. The summed E-state index contributed by atoms with van der Waals surface area (Å²) in [4.78, 5) is 19.1. The van der Waals surface area contributed by atoms with E-state index in [0.717, 1.165) is 26.1 Å². The highest BCUT2D eigenvalue weighted by Crippen LogP contribution is 2.29. The summed E-state index contributed by atoms with van der Waals surface area (Å²) in [5.41, 5.74) is 1.73. The van der Waals surface area contributed by atoms with Crippen LogP contribution in [0.15, 0.2) is 12.4 Å². The molecule has 2 aromatic heterocycles. The van der Waals surface area contributed by atoms with Gasteiger partial charge in [0.2, 0.25) is 0 Å². The van der Waals surface area contributed by atoms with Crippen LogP contribution in [-0.4, -0.2) is 46.0 Å². The van der Waals surface area contributed by atoms with E-state index in [1.54, 1.807) is 12.4 Å². The number of aryl methyl sites for hydroxylation is 2. The summed E-state index contributed by atoms with van der Waals surface area (Å²) in [6.45, 7) is 2.67. The van der Waals surface area contributed by atoms with Crippen LogP contribution in [0.25, 0.3) is 0 Å². The Morgan fingerprint density at radius 1 is 1.35 bits per heavy atom. The van der Waals surface area contributed by atoms with Crippen LogP contribution < -0.4 is 4.90 Å². The molecule has 0 saturated carbocycles. The van der Waals surface area contributed by atoms with E-state index < -0.39 is 0 Å². The summed E-state index contributed by atoms with van der Waals surface area (Å²) >= 11 is 1.87. The standard InChI is InChI=1S/C16H18N6S/c1-21(10-15-20-12-3-2-4-14(12)23-15)11-8-22(9-11)16-13(7-17)18-5-6-19-16/h5-6,11H,2-4,8-10H2,1H3. The van der Waals surface area contributed by atoms with Gasteiger partial charge in [0.05, 0.1) is 12.2 Å². The number of nitrogens with zero attached hydrogens (tertiary/aromatic N) is 6. The highest BCUT2D eigenvalue weighted by Gasteiger charge is 2.33. The Morgan fingerprint density at radius 3 is 2.96 bits per heavy atom. The molecule has 23 heavy (non-hydrogen) atoms. The predicted molar refractivity (Wildman–Crippen MR) is 88.4 cm³/mol. The van der Waals surface area contributed by atoms with Gasteiger partial charge in [0.25, 0.3) is 0 Å². The monoisotopic (exact) mass is 326 g/mol. The van der Waals surface area contributed by atoms with Gasteiger partial charge in [-0.1, -0.05) is 0 Å². The zero-order chi connectivity index (χ0) is 15.8. The van der Waals surface area contributed by atoms with Crippen molar-refractivity contribution < 1.29 is 0 Å². The predicted octanol–water partition coefficient (Wildman–Crippen LogP) is 1.61. The van der Waals surface area contributed by atoms with Crippen molar-refractivity contribution >= 4 is 17.2 Å². The van der Waals surface area contributed by atoms with E-state index in [4.69, 9.17) is 10.2 Å². The molecule has 3 heterocycles. The second kappa shape index (κ2) is 5.87. The zero-order valence-electron chi connectivity index (χ0n) is 13.1. The molecule has 1 fully saturated rings. The van der Waals surface area contributed by atoms with E-state index in [9.17, 15) is 0 Å². The van der Waals surface area contributed by atoms with Gasteiger partial charge in [-0.05, 0) is 26.3 Å². The number of hydrogen-bond acceptors (Lipinski definition) is 7. The molecular weight excluding hydrogens is 308 g/mol. The minimum absolute atomic E-state index is 0.407. The van der Waals surface area contributed by atoms with Gasteiger partial charge in [0, 0.05) is 36.4 Å². The lowest BCUT2D eigenvalue weighted by Gasteiger charge is -2.44. The Kier molecular flexibility index (Phi) is 3.71. The molecule has 0 spiro atoms.